The third-order valence-electron chi connectivity index (χ3n) is 3.89. The Morgan fingerprint density at radius 3 is 3.09 bits per heavy atom. The van der Waals surface area contributed by atoms with Gasteiger partial charge < -0.3 is 15.0 Å². The van der Waals surface area contributed by atoms with Crippen LogP contribution in [0.1, 0.15) is 25.1 Å². The van der Waals surface area contributed by atoms with Crippen molar-refractivity contribution in [3.63, 3.8) is 0 Å². The molecule has 122 valence electrons. The number of nitrogens with one attached hydrogen (secondary N) is 2. The molecule has 1 saturated heterocycles. The molecule has 0 radical (unpaired) electrons. The molecule has 2 aromatic heterocycles. The van der Waals surface area contributed by atoms with Crippen LogP contribution in [0, 0.1) is 6.92 Å². The number of aromatic nitrogens is 2. The Balaban J connectivity index is 1.61. The Morgan fingerprint density at radius 2 is 2.35 bits per heavy atom. The SMILES string of the molecule is Cc1ccn2cc(CNC(=O)[C@H]3CSC(C)(C)C(=O)N3)nc2c1. The van der Waals surface area contributed by atoms with Gasteiger partial charge in [-0.1, -0.05) is 0 Å². The van der Waals surface area contributed by atoms with Gasteiger partial charge in [0.05, 0.1) is 17.0 Å². The lowest BCUT2D eigenvalue weighted by molar-refractivity contribution is -0.129. The summed E-state index contributed by atoms with van der Waals surface area (Å²) in [5.41, 5.74) is 2.79. The van der Waals surface area contributed by atoms with E-state index in [4.69, 9.17) is 0 Å². The van der Waals surface area contributed by atoms with Gasteiger partial charge in [0.15, 0.2) is 0 Å². The first-order valence-corrected chi connectivity index (χ1v) is 8.50. The van der Waals surface area contributed by atoms with Crippen LogP contribution < -0.4 is 10.6 Å². The minimum Gasteiger partial charge on any atom is -0.349 e. The molecule has 0 bridgehead atoms. The Labute approximate surface area is 139 Å². The molecule has 0 aromatic carbocycles. The number of hydrogen-bond acceptors (Lipinski definition) is 4. The number of pyridine rings is 1. The molecule has 3 rings (SSSR count). The molecule has 23 heavy (non-hydrogen) atoms. The van der Waals surface area contributed by atoms with Gasteiger partial charge in [0.2, 0.25) is 11.8 Å². The van der Waals surface area contributed by atoms with E-state index in [-0.39, 0.29) is 11.8 Å². The van der Waals surface area contributed by atoms with E-state index in [2.05, 4.69) is 15.6 Å². The van der Waals surface area contributed by atoms with Gasteiger partial charge in [0, 0.05) is 18.1 Å². The fourth-order valence-corrected chi connectivity index (χ4v) is 3.40. The average Bonchev–Trinajstić information content (AvgIpc) is 2.89. The minimum atomic E-state index is -0.486. The fraction of sp³-hybridized carbons (Fsp3) is 0.438. The summed E-state index contributed by atoms with van der Waals surface area (Å²) >= 11 is 1.50. The lowest BCUT2D eigenvalue weighted by Gasteiger charge is -2.32. The normalized spacial score (nSPS) is 20.3. The van der Waals surface area contributed by atoms with Crippen molar-refractivity contribution < 1.29 is 9.59 Å². The van der Waals surface area contributed by atoms with Gasteiger partial charge in [0.25, 0.3) is 0 Å². The highest BCUT2D eigenvalue weighted by atomic mass is 32.2. The summed E-state index contributed by atoms with van der Waals surface area (Å²) in [5.74, 6) is 0.307. The molecule has 7 heteroatoms. The Morgan fingerprint density at radius 1 is 1.57 bits per heavy atom. The molecule has 6 nitrogen and oxygen atoms in total. The van der Waals surface area contributed by atoms with Gasteiger partial charge in [-0.3, -0.25) is 9.59 Å². The predicted octanol–water partition coefficient (Wildman–Crippen LogP) is 1.27. The summed E-state index contributed by atoms with van der Waals surface area (Å²) in [7, 11) is 0. The maximum atomic E-state index is 12.2. The van der Waals surface area contributed by atoms with Crippen molar-refractivity contribution in [2.75, 3.05) is 5.75 Å². The van der Waals surface area contributed by atoms with Gasteiger partial charge in [-0.05, 0) is 38.5 Å². The third-order valence-corrected chi connectivity index (χ3v) is 5.30. The lowest BCUT2D eigenvalue weighted by Crippen LogP contribution is -2.57. The summed E-state index contributed by atoms with van der Waals surface area (Å²) in [4.78, 5) is 28.6. The molecule has 1 aliphatic heterocycles. The van der Waals surface area contributed by atoms with Crippen LogP contribution in [-0.4, -0.2) is 37.7 Å². The monoisotopic (exact) mass is 332 g/mol. The van der Waals surface area contributed by atoms with E-state index in [1.807, 2.05) is 49.7 Å². The van der Waals surface area contributed by atoms with E-state index in [1.165, 1.54) is 11.8 Å². The number of carbonyl (C=O) groups excluding carboxylic acids is 2. The predicted molar refractivity (Wildman–Crippen MR) is 90.2 cm³/mol. The quantitative estimate of drug-likeness (QED) is 0.887. The maximum Gasteiger partial charge on any atom is 0.243 e. The number of rotatable bonds is 3. The van der Waals surface area contributed by atoms with E-state index in [0.29, 0.717) is 12.3 Å². The molecular formula is C16H20N4O2S. The van der Waals surface area contributed by atoms with Crippen LogP contribution in [0.4, 0.5) is 0 Å². The zero-order chi connectivity index (χ0) is 16.6. The highest BCUT2D eigenvalue weighted by Gasteiger charge is 2.37. The molecule has 0 spiro atoms. The second-order valence-corrected chi connectivity index (χ2v) is 7.91. The van der Waals surface area contributed by atoms with Crippen molar-refractivity contribution in [2.24, 2.45) is 0 Å². The second-order valence-electron chi connectivity index (χ2n) is 6.27. The molecule has 3 heterocycles. The summed E-state index contributed by atoms with van der Waals surface area (Å²) in [5, 5.41) is 5.63. The van der Waals surface area contributed by atoms with Crippen LogP contribution >= 0.6 is 11.8 Å². The molecule has 2 amide bonds. The molecule has 2 aromatic rings. The van der Waals surface area contributed by atoms with E-state index in [0.717, 1.165) is 16.9 Å². The van der Waals surface area contributed by atoms with Crippen LogP contribution in [0.25, 0.3) is 5.65 Å². The highest BCUT2D eigenvalue weighted by Crippen LogP contribution is 2.28. The number of carbonyl (C=O) groups is 2. The van der Waals surface area contributed by atoms with Crippen LogP contribution in [0.5, 0.6) is 0 Å². The number of hydrogen-bond donors (Lipinski definition) is 2. The molecule has 0 saturated carbocycles. The standard InChI is InChI=1S/C16H20N4O2S/c1-10-4-5-20-8-11(18-13(20)6-10)7-17-14(21)12-9-23-16(2,3)15(22)19-12/h4-6,8,12H,7,9H2,1-3H3,(H,17,21)(H,19,22)/t12-/m1/s1. The van der Waals surface area contributed by atoms with Crippen LogP contribution in [0.2, 0.25) is 0 Å². The number of thioether (sulfide) groups is 1. The number of amides is 2. The molecule has 0 aliphatic carbocycles. The van der Waals surface area contributed by atoms with Gasteiger partial charge >= 0.3 is 0 Å². The Kier molecular flexibility index (Phi) is 4.06. The largest absolute Gasteiger partial charge is 0.349 e. The average molecular weight is 332 g/mol. The van der Waals surface area contributed by atoms with Gasteiger partial charge in [-0.15, -0.1) is 11.8 Å². The minimum absolute atomic E-state index is 0.0999. The Hall–Kier alpha value is -2.02. The van der Waals surface area contributed by atoms with E-state index in [9.17, 15) is 9.59 Å². The topological polar surface area (TPSA) is 75.5 Å². The van der Waals surface area contributed by atoms with Crippen molar-refractivity contribution in [1.82, 2.24) is 20.0 Å². The summed E-state index contributed by atoms with van der Waals surface area (Å²) < 4.78 is 1.45. The molecule has 1 atom stereocenters. The second kappa shape index (κ2) is 5.88. The first kappa shape index (κ1) is 15.9. The van der Waals surface area contributed by atoms with Crippen molar-refractivity contribution in [2.45, 2.75) is 38.1 Å². The zero-order valence-electron chi connectivity index (χ0n) is 13.4. The van der Waals surface area contributed by atoms with Gasteiger partial charge in [0.1, 0.15) is 11.7 Å². The van der Waals surface area contributed by atoms with E-state index < -0.39 is 10.8 Å². The van der Waals surface area contributed by atoms with Gasteiger partial charge in [-0.25, -0.2) is 4.98 Å². The highest BCUT2D eigenvalue weighted by molar-refractivity contribution is 8.01. The first-order valence-electron chi connectivity index (χ1n) is 7.52. The van der Waals surface area contributed by atoms with E-state index >= 15 is 0 Å². The van der Waals surface area contributed by atoms with Crippen molar-refractivity contribution in [3.05, 3.63) is 35.8 Å². The number of imidazole rings is 1. The zero-order valence-corrected chi connectivity index (χ0v) is 14.2. The van der Waals surface area contributed by atoms with E-state index in [1.54, 1.807) is 0 Å². The van der Waals surface area contributed by atoms with Crippen molar-refractivity contribution >= 4 is 29.2 Å². The number of fused-ring (bicyclic) bond motifs is 1. The summed E-state index contributed by atoms with van der Waals surface area (Å²) in [6, 6.07) is 3.51. The van der Waals surface area contributed by atoms with Gasteiger partial charge in [-0.2, -0.15) is 0 Å². The van der Waals surface area contributed by atoms with Crippen LogP contribution in [0.15, 0.2) is 24.5 Å². The maximum absolute atomic E-state index is 12.2. The van der Waals surface area contributed by atoms with Crippen molar-refractivity contribution in [1.29, 1.82) is 0 Å². The number of nitrogens with zero attached hydrogens (tertiary/aromatic N) is 2. The fourth-order valence-electron chi connectivity index (χ4n) is 2.39. The number of aryl methyl sites for hydroxylation is 1. The van der Waals surface area contributed by atoms with Crippen LogP contribution in [0.3, 0.4) is 0 Å². The molecule has 1 aliphatic rings. The third kappa shape index (κ3) is 3.34. The summed E-state index contributed by atoms with van der Waals surface area (Å²) in [6.07, 6.45) is 3.84. The lowest BCUT2D eigenvalue weighted by atomic mass is 10.1. The smallest absolute Gasteiger partial charge is 0.243 e. The Bertz CT molecular complexity index is 769. The molecule has 0 unspecified atom stereocenters. The van der Waals surface area contributed by atoms with Crippen LogP contribution in [-0.2, 0) is 16.1 Å². The molecule has 2 N–H and O–H groups in total. The molecular weight excluding hydrogens is 312 g/mol. The molecule has 1 fully saturated rings. The summed E-state index contributed by atoms with van der Waals surface area (Å²) in [6.45, 7) is 6.08. The first-order chi connectivity index (χ1) is 10.8. The van der Waals surface area contributed by atoms with Crippen molar-refractivity contribution in [3.8, 4) is 0 Å².